The molecule has 2 aromatic carbocycles. The largest absolute Gasteiger partial charge is 0.326 e. The topological polar surface area (TPSA) is 71.3 Å². The molecule has 2 N–H and O–H groups in total. The first-order valence-corrected chi connectivity index (χ1v) is 11.2. The molecular weight excluding hydrogens is 398 g/mol. The van der Waals surface area contributed by atoms with Gasteiger partial charge in [0, 0.05) is 29.6 Å². The molecule has 6 heteroatoms. The van der Waals surface area contributed by atoms with Gasteiger partial charge in [-0.1, -0.05) is 50.6 Å². The van der Waals surface area contributed by atoms with E-state index in [0.29, 0.717) is 24.0 Å². The van der Waals surface area contributed by atoms with Crippen molar-refractivity contribution in [3.05, 3.63) is 82.7 Å². The molecule has 1 heterocycles. The zero-order valence-corrected chi connectivity index (χ0v) is 19.6. The van der Waals surface area contributed by atoms with Crippen LogP contribution in [0, 0.1) is 13.8 Å². The maximum atomic E-state index is 12.9. The fourth-order valence-corrected chi connectivity index (χ4v) is 3.39. The van der Waals surface area contributed by atoms with Crippen molar-refractivity contribution in [2.24, 2.45) is 4.99 Å². The fourth-order valence-electron chi connectivity index (χ4n) is 3.39. The molecule has 0 aliphatic heterocycles. The maximum Gasteiger partial charge on any atom is 0.257 e. The van der Waals surface area contributed by atoms with Gasteiger partial charge in [-0.2, -0.15) is 5.10 Å². The average molecular weight is 432 g/mol. The van der Waals surface area contributed by atoms with Gasteiger partial charge in [0.05, 0.1) is 12.2 Å². The van der Waals surface area contributed by atoms with Gasteiger partial charge in [0.25, 0.3) is 5.91 Å². The second-order valence-corrected chi connectivity index (χ2v) is 8.39. The molecule has 168 valence electrons. The summed E-state index contributed by atoms with van der Waals surface area (Å²) in [4.78, 5) is 17.5. The molecule has 6 nitrogen and oxygen atoms in total. The molecule has 0 fully saturated rings. The normalized spacial score (nSPS) is 11.6. The van der Waals surface area contributed by atoms with Gasteiger partial charge < -0.3 is 5.32 Å². The van der Waals surface area contributed by atoms with Gasteiger partial charge in [0.15, 0.2) is 0 Å². The third-order valence-electron chi connectivity index (χ3n) is 5.26. The molecule has 0 spiro atoms. The summed E-state index contributed by atoms with van der Waals surface area (Å²) >= 11 is 0. The predicted octanol–water partition coefficient (Wildman–Crippen LogP) is 5.43. The number of nitrogens with one attached hydrogen (secondary N) is 2. The predicted molar refractivity (Wildman–Crippen MR) is 131 cm³/mol. The Morgan fingerprint density at radius 3 is 2.53 bits per heavy atom. The Morgan fingerprint density at radius 1 is 1.12 bits per heavy atom. The third-order valence-corrected chi connectivity index (χ3v) is 5.26. The fraction of sp³-hybridized carbons (Fsp3) is 0.346. The summed E-state index contributed by atoms with van der Waals surface area (Å²) in [6.45, 7) is 11.7. The zero-order valence-electron chi connectivity index (χ0n) is 19.6. The van der Waals surface area contributed by atoms with Crippen molar-refractivity contribution >= 4 is 17.6 Å². The highest BCUT2D eigenvalue weighted by Crippen LogP contribution is 2.17. The van der Waals surface area contributed by atoms with Crippen LogP contribution in [-0.4, -0.2) is 21.6 Å². The second kappa shape index (κ2) is 10.8. The van der Waals surface area contributed by atoms with Crippen LogP contribution in [0.2, 0.25) is 0 Å². The molecule has 0 saturated carbocycles. The van der Waals surface area contributed by atoms with Crippen molar-refractivity contribution in [3.63, 3.8) is 0 Å². The van der Waals surface area contributed by atoms with Crippen LogP contribution in [0.1, 0.15) is 65.9 Å². The van der Waals surface area contributed by atoms with Gasteiger partial charge in [-0.25, -0.2) is 4.99 Å². The van der Waals surface area contributed by atoms with Crippen LogP contribution in [0.3, 0.4) is 0 Å². The van der Waals surface area contributed by atoms with E-state index in [0.717, 1.165) is 35.5 Å². The molecule has 0 unspecified atom stereocenters. The number of hydrogen-bond acceptors (Lipinski definition) is 3. The number of anilines is 1. The molecule has 0 radical (unpaired) electrons. The minimum atomic E-state index is -0.197. The lowest BCUT2D eigenvalue weighted by Gasteiger charge is -2.13. The number of aliphatic imine (C=N–C) groups is 1. The van der Waals surface area contributed by atoms with Crippen molar-refractivity contribution in [1.82, 2.24) is 15.1 Å². The lowest BCUT2D eigenvalue weighted by Crippen LogP contribution is -2.36. The summed E-state index contributed by atoms with van der Waals surface area (Å²) in [5, 5.41) is 10.8. The Morgan fingerprint density at radius 2 is 1.88 bits per heavy atom. The van der Waals surface area contributed by atoms with E-state index in [1.165, 1.54) is 5.56 Å². The first kappa shape index (κ1) is 23.3. The van der Waals surface area contributed by atoms with Gasteiger partial charge in [-0.15, -0.1) is 0 Å². The van der Waals surface area contributed by atoms with Gasteiger partial charge in [-0.3, -0.25) is 14.8 Å². The van der Waals surface area contributed by atoms with Crippen LogP contribution in [0.25, 0.3) is 0 Å². The second-order valence-electron chi connectivity index (χ2n) is 8.39. The first-order valence-electron chi connectivity index (χ1n) is 11.2. The Labute approximate surface area is 190 Å². The molecule has 0 aliphatic carbocycles. The quantitative estimate of drug-likeness (QED) is 0.387. The smallest absolute Gasteiger partial charge is 0.257 e. The number of aryl methyl sites for hydroxylation is 3. The Hall–Kier alpha value is -3.41. The van der Waals surface area contributed by atoms with Crippen LogP contribution in [0.4, 0.5) is 5.69 Å². The van der Waals surface area contributed by atoms with E-state index in [1.807, 2.05) is 55.1 Å². The van der Waals surface area contributed by atoms with E-state index in [4.69, 9.17) is 0 Å². The molecule has 3 rings (SSSR count). The van der Waals surface area contributed by atoms with E-state index in [9.17, 15) is 4.79 Å². The van der Waals surface area contributed by atoms with Crippen molar-refractivity contribution < 1.29 is 4.79 Å². The molecule has 1 aromatic heterocycles. The Balaban J connectivity index is 1.82. The monoisotopic (exact) mass is 431 g/mol. The Bertz CT molecular complexity index is 1080. The zero-order chi connectivity index (χ0) is 23.1. The summed E-state index contributed by atoms with van der Waals surface area (Å²) in [5.41, 5.74) is 5.76. The number of guanidine groups is 1. The standard InChI is InChI=1S/C26H33N5O/c1-6-14-31-17-23(20(5)30-31)16-27-26(28-24-12-10-21(11-13-24)18(2)3)29-25(32)22-9-7-8-19(4)15-22/h7-13,15,17-18H,6,14,16H2,1-5H3,(H2,27,28,29,32). The van der Waals surface area contributed by atoms with Crippen LogP contribution < -0.4 is 10.6 Å². The van der Waals surface area contributed by atoms with Crippen LogP contribution in [0.15, 0.2) is 59.7 Å². The average Bonchev–Trinajstić information content (AvgIpc) is 3.11. The number of carbonyl (C=O) groups excluding carboxylic acids is 1. The lowest BCUT2D eigenvalue weighted by atomic mass is 10.0. The summed E-state index contributed by atoms with van der Waals surface area (Å²) in [6, 6.07) is 15.7. The molecule has 0 saturated heterocycles. The van der Waals surface area contributed by atoms with Crippen LogP contribution in [0.5, 0.6) is 0 Å². The first-order chi connectivity index (χ1) is 15.4. The van der Waals surface area contributed by atoms with E-state index in [1.54, 1.807) is 6.07 Å². The number of amides is 1. The summed E-state index contributed by atoms with van der Waals surface area (Å²) in [7, 11) is 0. The molecule has 3 aromatic rings. The number of hydrogen-bond donors (Lipinski definition) is 2. The minimum Gasteiger partial charge on any atom is -0.326 e. The van der Waals surface area contributed by atoms with Gasteiger partial charge >= 0.3 is 0 Å². The molecule has 0 bridgehead atoms. The molecule has 32 heavy (non-hydrogen) atoms. The summed E-state index contributed by atoms with van der Waals surface area (Å²) in [6.07, 6.45) is 3.05. The molecule has 0 aliphatic rings. The Kier molecular flexibility index (Phi) is 7.82. The molecule has 0 atom stereocenters. The van der Waals surface area contributed by atoms with Crippen LogP contribution in [-0.2, 0) is 13.1 Å². The highest BCUT2D eigenvalue weighted by atomic mass is 16.1. The van der Waals surface area contributed by atoms with E-state index < -0.39 is 0 Å². The number of benzene rings is 2. The van der Waals surface area contributed by atoms with Crippen molar-refractivity contribution in [1.29, 1.82) is 0 Å². The number of carbonyl (C=O) groups is 1. The van der Waals surface area contributed by atoms with Crippen molar-refractivity contribution in [2.75, 3.05) is 5.32 Å². The SMILES string of the molecule is CCCn1cc(CN=C(NC(=O)c2cccc(C)c2)Nc2ccc(C(C)C)cc2)c(C)n1. The maximum absolute atomic E-state index is 12.9. The van der Waals surface area contributed by atoms with Crippen molar-refractivity contribution in [3.8, 4) is 0 Å². The van der Waals surface area contributed by atoms with Crippen LogP contribution >= 0.6 is 0 Å². The molecule has 1 amide bonds. The van der Waals surface area contributed by atoms with E-state index >= 15 is 0 Å². The van der Waals surface area contributed by atoms with Gasteiger partial charge in [0.2, 0.25) is 5.96 Å². The number of rotatable bonds is 7. The summed E-state index contributed by atoms with van der Waals surface area (Å²) in [5.74, 6) is 0.675. The summed E-state index contributed by atoms with van der Waals surface area (Å²) < 4.78 is 1.95. The van der Waals surface area contributed by atoms with Crippen molar-refractivity contribution in [2.45, 2.75) is 60.0 Å². The van der Waals surface area contributed by atoms with E-state index in [2.05, 4.69) is 53.6 Å². The number of aromatic nitrogens is 2. The van der Waals surface area contributed by atoms with Gasteiger partial charge in [0.1, 0.15) is 0 Å². The lowest BCUT2D eigenvalue weighted by molar-refractivity contribution is 0.0977. The minimum absolute atomic E-state index is 0.197. The molecular formula is C26H33N5O. The van der Waals surface area contributed by atoms with Gasteiger partial charge in [-0.05, 0) is 56.0 Å². The number of nitrogens with zero attached hydrogens (tertiary/aromatic N) is 3. The van der Waals surface area contributed by atoms with E-state index in [-0.39, 0.29) is 5.91 Å². The highest BCUT2D eigenvalue weighted by molar-refractivity contribution is 6.10. The third kappa shape index (κ3) is 6.30. The highest BCUT2D eigenvalue weighted by Gasteiger charge is 2.11.